The number of sulfonamides is 1. The minimum atomic E-state index is -3.59. The molecule has 2 saturated heterocycles. The first-order chi connectivity index (χ1) is 15.2. The summed E-state index contributed by atoms with van der Waals surface area (Å²) in [6.45, 7) is 9.22. The molecule has 0 aliphatic carbocycles. The zero-order valence-corrected chi connectivity index (χ0v) is 20.3. The molecular formula is C25H33N3O3S. The summed E-state index contributed by atoms with van der Waals surface area (Å²) in [5.41, 5.74) is 4.71. The van der Waals surface area contributed by atoms with Gasteiger partial charge in [-0.05, 0) is 87.3 Å². The fraction of sp³-hybridized carbons (Fsp3) is 0.520. The van der Waals surface area contributed by atoms with Crippen molar-refractivity contribution in [1.29, 1.82) is 0 Å². The number of pyridine rings is 1. The van der Waals surface area contributed by atoms with Gasteiger partial charge in [-0.25, -0.2) is 8.42 Å². The molecule has 1 aromatic heterocycles. The maximum Gasteiger partial charge on any atom is 0.243 e. The number of benzene rings is 1. The standard InChI is InChI=1S/C25H33N3O3S/c1-17-15-18(2)20(4)24(19(17)3)32(30,31)27-13-9-21(10-14-27)25(29)28-12-6-8-23(28)22-7-5-11-26-16-22/h5,7,11,15-16,21,23H,6,8-10,12-14H2,1-4H3/t23-/m1/s1. The Morgan fingerprint density at radius 1 is 1.00 bits per heavy atom. The quantitative estimate of drug-likeness (QED) is 0.697. The second kappa shape index (κ2) is 8.94. The number of hydrogen-bond donors (Lipinski definition) is 0. The molecule has 0 unspecified atom stereocenters. The van der Waals surface area contributed by atoms with Crippen LogP contribution < -0.4 is 0 Å². The fourth-order valence-corrected chi connectivity index (χ4v) is 7.27. The predicted octanol–water partition coefficient (Wildman–Crippen LogP) is 4.08. The second-order valence-corrected chi connectivity index (χ2v) is 11.1. The van der Waals surface area contributed by atoms with Gasteiger partial charge in [-0.2, -0.15) is 4.31 Å². The summed E-state index contributed by atoms with van der Waals surface area (Å²) in [6, 6.07) is 6.07. The average molecular weight is 456 g/mol. The van der Waals surface area contributed by atoms with Gasteiger partial charge in [0.25, 0.3) is 0 Å². The number of hydrogen-bond acceptors (Lipinski definition) is 4. The van der Waals surface area contributed by atoms with Crippen molar-refractivity contribution in [2.45, 2.75) is 64.3 Å². The normalized spacial score (nSPS) is 20.6. The number of amides is 1. The minimum absolute atomic E-state index is 0.0820. The van der Waals surface area contributed by atoms with Gasteiger partial charge in [0.15, 0.2) is 0 Å². The van der Waals surface area contributed by atoms with Crippen LogP contribution in [0.2, 0.25) is 0 Å². The highest BCUT2D eigenvalue weighted by Gasteiger charge is 2.38. The number of carbonyl (C=O) groups excluding carboxylic acids is 1. The molecule has 1 aromatic carbocycles. The summed E-state index contributed by atoms with van der Waals surface area (Å²) < 4.78 is 28.6. The van der Waals surface area contributed by atoms with Crippen LogP contribution in [0.15, 0.2) is 35.5 Å². The van der Waals surface area contributed by atoms with Crippen LogP contribution >= 0.6 is 0 Å². The first-order valence-corrected chi connectivity index (χ1v) is 12.9. The van der Waals surface area contributed by atoms with Gasteiger partial charge in [0.05, 0.1) is 10.9 Å². The molecule has 2 aromatic rings. The Bertz CT molecular complexity index is 1080. The molecule has 2 aliphatic heterocycles. The maximum atomic E-state index is 13.5. The molecule has 0 saturated carbocycles. The molecule has 1 amide bonds. The molecule has 32 heavy (non-hydrogen) atoms. The zero-order valence-electron chi connectivity index (χ0n) is 19.5. The van der Waals surface area contributed by atoms with E-state index in [1.54, 1.807) is 10.5 Å². The molecule has 4 rings (SSSR count). The van der Waals surface area contributed by atoms with Crippen molar-refractivity contribution >= 4 is 15.9 Å². The first kappa shape index (κ1) is 22.9. The molecule has 6 nitrogen and oxygen atoms in total. The van der Waals surface area contributed by atoms with Gasteiger partial charge < -0.3 is 4.90 Å². The van der Waals surface area contributed by atoms with E-state index in [1.807, 2.05) is 57.0 Å². The molecule has 0 spiro atoms. The van der Waals surface area contributed by atoms with Crippen molar-refractivity contribution in [3.05, 3.63) is 58.4 Å². The topological polar surface area (TPSA) is 70.6 Å². The number of piperidine rings is 1. The molecule has 0 radical (unpaired) electrons. The Labute approximate surface area is 191 Å². The number of aryl methyl sites for hydroxylation is 2. The highest BCUT2D eigenvalue weighted by atomic mass is 32.2. The van der Waals surface area contributed by atoms with Crippen LogP contribution in [0, 0.1) is 33.6 Å². The summed E-state index contributed by atoms with van der Waals surface area (Å²) in [5.74, 6) is 0.0346. The van der Waals surface area contributed by atoms with Crippen molar-refractivity contribution in [2.24, 2.45) is 5.92 Å². The summed E-state index contributed by atoms with van der Waals surface area (Å²) in [7, 11) is -3.59. The van der Waals surface area contributed by atoms with Crippen LogP contribution in [0.25, 0.3) is 0 Å². The van der Waals surface area contributed by atoms with E-state index in [1.165, 1.54) is 0 Å². The zero-order chi connectivity index (χ0) is 23.0. The third kappa shape index (κ3) is 4.08. The highest BCUT2D eigenvalue weighted by molar-refractivity contribution is 7.89. The SMILES string of the molecule is Cc1cc(C)c(C)c(S(=O)(=O)N2CCC(C(=O)N3CCC[C@@H]3c3cccnc3)CC2)c1C. The largest absolute Gasteiger partial charge is 0.335 e. The van der Waals surface area contributed by atoms with Crippen molar-refractivity contribution in [1.82, 2.24) is 14.2 Å². The lowest BCUT2D eigenvalue weighted by molar-refractivity contribution is -0.137. The number of carbonyl (C=O) groups is 1. The number of rotatable bonds is 4. The van der Waals surface area contributed by atoms with Crippen LogP contribution in [-0.2, 0) is 14.8 Å². The van der Waals surface area contributed by atoms with E-state index in [9.17, 15) is 13.2 Å². The fourth-order valence-electron chi connectivity index (χ4n) is 5.22. The maximum absolute atomic E-state index is 13.5. The highest BCUT2D eigenvalue weighted by Crippen LogP contribution is 2.36. The number of likely N-dealkylation sites (tertiary alicyclic amines) is 1. The van der Waals surface area contributed by atoms with Crippen LogP contribution in [-0.4, -0.2) is 48.1 Å². The lowest BCUT2D eigenvalue weighted by Crippen LogP contribution is -2.44. The lowest BCUT2D eigenvalue weighted by atomic mass is 9.95. The van der Waals surface area contributed by atoms with Crippen LogP contribution in [0.5, 0.6) is 0 Å². The number of aromatic nitrogens is 1. The molecular weight excluding hydrogens is 422 g/mol. The van der Waals surface area contributed by atoms with Crippen LogP contribution in [0.4, 0.5) is 0 Å². The Hall–Kier alpha value is -2.25. The Morgan fingerprint density at radius 2 is 1.66 bits per heavy atom. The Kier molecular flexibility index (Phi) is 6.41. The van der Waals surface area contributed by atoms with E-state index in [-0.39, 0.29) is 17.9 Å². The molecule has 3 heterocycles. The van der Waals surface area contributed by atoms with Gasteiger partial charge in [-0.1, -0.05) is 12.1 Å². The molecule has 0 N–H and O–H groups in total. The molecule has 7 heteroatoms. The third-order valence-electron chi connectivity index (χ3n) is 7.30. The van der Waals surface area contributed by atoms with Gasteiger partial charge in [-0.15, -0.1) is 0 Å². The van der Waals surface area contributed by atoms with Gasteiger partial charge in [0, 0.05) is 37.9 Å². The van der Waals surface area contributed by atoms with Crippen LogP contribution in [0.3, 0.4) is 0 Å². The van der Waals surface area contributed by atoms with E-state index >= 15 is 0 Å². The van der Waals surface area contributed by atoms with Crippen molar-refractivity contribution in [3.63, 3.8) is 0 Å². The monoisotopic (exact) mass is 455 g/mol. The van der Waals surface area contributed by atoms with E-state index in [0.717, 1.165) is 47.2 Å². The van der Waals surface area contributed by atoms with E-state index in [4.69, 9.17) is 0 Å². The third-order valence-corrected chi connectivity index (χ3v) is 9.48. The second-order valence-electron chi connectivity index (χ2n) is 9.24. The van der Waals surface area contributed by atoms with E-state index in [2.05, 4.69) is 4.98 Å². The smallest absolute Gasteiger partial charge is 0.243 e. The van der Waals surface area contributed by atoms with Crippen LogP contribution in [0.1, 0.15) is 59.5 Å². The van der Waals surface area contributed by atoms with Crippen molar-refractivity contribution < 1.29 is 13.2 Å². The molecule has 2 fully saturated rings. The Balaban J connectivity index is 1.48. The minimum Gasteiger partial charge on any atom is -0.335 e. The van der Waals surface area contributed by atoms with Gasteiger partial charge >= 0.3 is 0 Å². The summed E-state index contributed by atoms with van der Waals surface area (Å²) >= 11 is 0. The van der Waals surface area contributed by atoms with E-state index in [0.29, 0.717) is 30.8 Å². The predicted molar refractivity (Wildman–Crippen MR) is 125 cm³/mol. The molecule has 172 valence electrons. The van der Waals surface area contributed by atoms with Crippen molar-refractivity contribution in [3.8, 4) is 0 Å². The summed E-state index contributed by atoms with van der Waals surface area (Å²) in [4.78, 5) is 20.0. The summed E-state index contributed by atoms with van der Waals surface area (Å²) in [6.07, 6.45) is 6.67. The molecule has 0 bridgehead atoms. The van der Waals surface area contributed by atoms with Gasteiger partial charge in [-0.3, -0.25) is 9.78 Å². The lowest BCUT2D eigenvalue weighted by Gasteiger charge is -2.35. The molecule has 1 atom stereocenters. The summed E-state index contributed by atoms with van der Waals surface area (Å²) in [5, 5.41) is 0. The first-order valence-electron chi connectivity index (χ1n) is 11.5. The van der Waals surface area contributed by atoms with Gasteiger partial charge in [0.1, 0.15) is 0 Å². The van der Waals surface area contributed by atoms with E-state index < -0.39 is 10.0 Å². The number of nitrogens with zero attached hydrogens (tertiary/aromatic N) is 3. The van der Waals surface area contributed by atoms with Crippen molar-refractivity contribution in [2.75, 3.05) is 19.6 Å². The van der Waals surface area contributed by atoms with Gasteiger partial charge in [0.2, 0.25) is 15.9 Å². The average Bonchev–Trinajstić information content (AvgIpc) is 3.28. The molecule has 2 aliphatic rings. The Morgan fingerprint density at radius 3 is 2.25 bits per heavy atom.